The lowest BCUT2D eigenvalue weighted by Crippen LogP contribution is -1.96. The monoisotopic (exact) mass is 204 g/mol. The molecule has 0 aromatic carbocycles. The fourth-order valence-electron chi connectivity index (χ4n) is 0.404. The van der Waals surface area contributed by atoms with Crippen molar-refractivity contribution in [1.82, 2.24) is 0 Å². The summed E-state index contributed by atoms with van der Waals surface area (Å²) in [7, 11) is 0. The van der Waals surface area contributed by atoms with E-state index in [1.807, 2.05) is 0 Å². The van der Waals surface area contributed by atoms with Crippen LogP contribution in [-0.2, 0) is 8.62 Å². The highest BCUT2D eigenvalue weighted by Gasteiger charge is 2.01. The number of carbonyl (C=O) groups is 1. The Morgan fingerprint density at radius 2 is 2.40 bits per heavy atom. The Balaban J connectivity index is 3.91. The Kier molecular flexibility index (Phi) is 4.94. The van der Waals surface area contributed by atoms with Crippen molar-refractivity contribution in [3.63, 3.8) is 0 Å². The van der Waals surface area contributed by atoms with E-state index in [9.17, 15) is 4.79 Å². The Morgan fingerprint density at radius 1 is 1.80 bits per heavy atom. The van der Waals surface area contributed by atoms with E-state index < -0.39 is 0 Å². The van der Waals surface area contributed by atoms with Crippen LogP contribution in [0, 0.1) is 0 Å². The Bertz CT molecular complexity index is 161. The van der Waals surface area contributed by atoms with Gasteiger partial charge in [-0.3, -0.25) is 0 Å². The predicted molar refractivity (Wildman–Crippen MR) is 43.6 cm³/mol. The fraction of sp³-hybridized carbons (Fsp3) is 0.286. The summed E-state index contributed by atoms with van der Waals surface area (Å²) in [6, 6.07) is 0. The van der Waals surface area contributed by atoms with Crippen molar-refractivity contribution in [2.45, 2.75) is 13.3 Å². The molecule has 0 saturated carbocycles. The highest BCUT2D eigenvalue weighted by molar-refractivity contribution is 9.06. The highest BCUT2D eigenvalue weighted by atomic mass is 79.9. The standard InChI is InChI=1S/C7H9BrO2/c1-3-4-5-6(2)7(9)10-8/h3,5H,1,4H2,2H3. The quantitative estimate of drug-likeness (QED) is 0.522. The predicted octanol–water partition coefficient (Wildman–Crippen LogP) is 2.36. The van der Waals surface area contributed by atoms with Crippen LogP contribution in [0.2, 0.25) is 0 Å². The molecule has 0 aromatic heterocycles. The molecular formula is C7H9BrO2. The van der Waals surface area contributed by atoms with Gasteiger partial charge in [0.05, 0.1) is 0 Å². The fourth-order valence-corrected chi connectivity index (χ4v) is 0.660. The summed E-state index contributed by atoms with van der Waals surface area (Å²) in [5.41, 5.74) is 0.580. The molecule has 0 aliphatic rings. The summed E-state index contributed by atoms with van der Waals surface area (Å²) in [5.74, 6) is -0.359. The Morgan fingerprint density at radius 3 is 2.80 bits per heavy atom. The Hall–Kier alpha value is -0.570. The van der Waals surface area contributed by atoms with Crippen LogP contribution in [0.3, 0.4) is 0 Å². The maximum Gasteiger partial charge on any atom is 0.344 e. The van der Waals surface area contributed by atoms with E-state index in [-0.39, 0.29) is 5.97 Å². The van der Waals surface area contributed by atoms with Gasteiger partial charge in [0.15, 0.2) is 16.3 Å². The Labute approximate surface area is 69.0 Å². The third kappa shape index (κ3) is 3.45. The maximum absolute atomic E-state index is 10.6. The lowest BCUT2D eigenvalue weighted by atomic mass is 10.2. The van der Waals surface area contributed by atoms with E-state index in [2.05, 4.69) is 26.7 Å². The third-order valence-electron chi connectivity index (χ3n) is 0.983. The highest BCUT2D eigenvalue weighted by Crippen LogP contribution is 2.01. The van der Waals surface area contributed by atoms with E-state index in [0.717, 1.165) is 0 Å². The first-order valence-corrected chi connectivity index (χ1v) is 3.47. The number of allylic oxidation sites excluding steroid dienone is 2. The molecule has 0 amide bonds. The molecule has 0 spiro atoms. The number of carbonyl (C=O) groups excluding carboxylic acids is 1. The van der Waals surface area contributed by atoms with Crippen molar-refractivity contribution in [3.8, 4) is 0 Å². The first-order valence-electron chi connectivity index (χ1n) is 2.83. The molecule has 0 aromatic rings. The first kappa shape index (κ1) is 9.43. The van der Waals surface area contributed by atoms with E-state index in [1.54, 1.807) is 19.1 Å². The zero-order valence-corrected chi connectivity index (χ0v) is 7.35. The molecule has 0 rings (SSSR count). The maximum atomic E-state index is 10.6. The van der Waals surface area contributed by atoms with Crippen LogP contribution in [-0.4, -0.2) is 5.97 Å². The molecule has 0 fully saturated rings. The molecule has 56 valence electrons. The molecule has 0 saturated heterocycles. The minimum atomic E-state index is -0.359. The molecule has 0 heterocycles. The molecule has 10 heavy (non-hydrogen) atoms. The third-order valence-corrected chi connectivity index (χ3v) is 1.28. The summed E-state index contributed by atoms with van der Waals surface area (Å²) in [6.07, 6.45) is 4.15. The summed E-state index contributed by atoms with van der Waals surface area (Å²) >= 11 is 2.59. The second-order valence-corrected chi connectivity index (χ2v) is 2.10. The number of hydrogen-bond acceptors (Lipinski definition) is 2. The summed E-state index contributed by atoms with van der Waals surface area (Å²) in [5, 5.41) is 0. The normalized spacial score (nSPS) is 10.8. The van der Waals surface area contributed by atoms with Crippen molar-refractivity contribution >= 4 is 22.2 Å². The second kappa shape index (κ2) is 5.23. The summed E-state index contributed by atoms with van der Waals surface area (Å²) in [6.45, 7) is 5.20. The molecule has 0 atom stereocenters. The van der Waals surface area contributed by atoms with Crippen LogP contribution in [0.15, 0.2) is 24.3 Å². The van der Waals surface area contributed by atoms with Crippen LogP contribution in [0.5, 0.6) is 0 Å². The van der Waals surface area contributed by atoms with Gasteiger partial charge < -0.3 is 3.83 Å². The van der Waals surface area contributed by atoms with Crippen LogP contribution in [0.4, 0.5) is 0 Å². The van der Waals surface area contributed by atoms with Gasteiger partial charge >= 0.3 is 5.97 Å². The van der Waals surface area contributed by atoms with Crippen molar-refractivity contribution in [3.05, 3.63) is 24.3 Å². The summed E-state index contributed by atoms with van der Waals surface area (Å²) in [4.78, 5) is 10.6. The number of rotatable bonds is 3. The molecule has 2 nitrogen and oxygen atoms in total. The minimum absolute atomic E-state index is 0.359. The van der Waals surface area contributed by atoms with Crippen LogP contribution in [0.1, 0.15) is 13.3 Å². The van der Waals surface area contributed by atoms with Gasteiger partial charge in [0.2, 0.25) is 0 Å². The van der Waals surface area contributed by atoms with E-state index in [0.29, 0.717) is 12.0 Å². The molecular weight excluding hydrogens is 196 g/mol. The second-order valence-electron chi connectivity index (χ2n) is 1.78. The van der Waals surface area contributed by atoms with Gasteiger partial charge in [-0.2, -0.15) is 0 Å². The minimum Gasteiger partial charge on any atom is -0.380 e. The van der Waals surface area contributed by atoms with E-state index in [4.69, 9.17) is 0 Å². The van der Waals surface area contributed by atoms with Crippen molar-refractivity contribution in [2.75, 3.05) is 0 Å². The lowest BCUT2D eigenvalue weighted by molar-refractivity contribution is -0.128. The van der Waals surface area contributed by atoms with Gasteiger partial charge in [-0.05, 0) is 13.3 Å². The van der Waals surface area contributed by atoms with Gasteiger partial charge in [0, 0.05) is 5.57 Å². The van der Waals surface area contributed by atoms with Crippen LogP contribution < -0.4 is 0 Å². The molecule has 3 heteroatoms. The number of halogens is 1. The largest absolute Gasteiger partial charge is 0.380 e. The summed E-state index contributed by atoms with van der Waals surface area (Å²) < 4.78 is 4.28. The van der Waals surface area contributed by atoms with Gasteiger partial charge in [-0.15, -0.1) is 6.58 Å². The van der Waals surface area contributed by atoms with Crippen LogP contribution >= 0.6 is 16.3 Å². The van der Waals surface area contributed by atoms with E-state index in [1.165, 1.54) is 0 Å². The van der Waals surface area contributed by atoms with Gasteiger partial charge in [0.25, 0.3) is 0 Å². The molecule has 0 radical (unpaired) electrons. The van der Waals surface area contributed by atoms with Crippen LogP contribution in [0.25, 0.3) is 0 Å². The van der Waals surface area contributed by atoms with Gasteiger partial charge in [-0.25, -0.2) is 4.79 Å². The SMILES string of the molecule is C=CCC=C(C)C(=O)OBr. The van der Waals surface area contributed by atoms with Crippen molar-refractivity contribution in [2.24, 2.45) is 0 Å². The van der Waals surface area contributed by atoms with Gasteiger partial charge in [0.1, 0.15) is 0 Å². The smallest absolute Gasteiger partial charge is 0.344 e. The average Bonchev–Trinajstić information content (AvgIpc) is 1.98. The number of hydrogen-bond donors (Lipinski definition) is 0. The average molecular weight is 205 g/mol. The first-order chi connectivity index (χ1) is 4.72. The topological polar surface area (TPSA) is 26.3 Å². The molecule has 0 N–H and O–H groups in total. The zero-order chi connectivity index (χ0) is 7.98. The van der Waals surface area contributed by atoms with E-state index >= 15 is 0 Å². The lowest BCUT2D eigenvalue weighted by Gasteiger charge is -1.93. The molecule has 0 unspecified atom stereocenters. The van der Waals surface area contributed by atoms with Gasteiger partial charge in [-0.1, -0.05) is 12.2 Å². The molecule has 0 aliphatic carbocycles. The molecule has 0 bridgehead atoms. The molecule has 0 aliphatic heterocycles. The van der Waals surface area contributed by atoms with Crippen molar-refractivity contribution in [1.29, 1.82) is 0 Å². The zero-order valence-electron chi connectivity index (χ0n) is 5.76. The van der Waals surface area contributed by atoms with Crippen molar-refractivity contribution < 1.29 is 8.62 Å².